The predicted octanol–water partition coefficient (Wildman–Crippen LogP) is 4.93. The Bertz CT molecular complexity index is 1030. The van der Waals surface area contributed by atoms with Crippen molar-refractivity contribution in [3.63, 3.8) is 0 Å². The Morgan fingerprint density at radius 2 is 1.64 bits per heavy atom. The number of nitrogens with zero attached hydrogens (tertiary/aromatic N) is 1. The third-order valence-corrected chi connectivity index (χ3v) is 5.33. The number of hydrogen-bond acceptors (Lipinski definition) is 4. The molecular formula is C24H23NO3. The predicted molar refractivity (Wildman–Crippen MR) is 109 cm³/mol. The van der Waals surface area contributed by atoms with Gasteiger partial charge in [0.1, 0.15) is 0 Å². The fourth-order valence-electron chi connectivity index (χ4n) is 3.89. The lowest BCUT2D eigenvalue weighted by atomic mass is 9.97. The van der Waals surface area contributed by atoms with Crippen LogP contribution in [-0.2, 0) is 17.6 Å². The van der Waals surface area contributed by atoms with Gasteiger partial charge in [-0.3, -0.25) is 9.78 Å². The van der Waals surface area contributed by atoms with Gasteiger partial charge in [0, 0.05) is 16.6 Å². The molecule has 3 aromatic rings. The lowest BCUT2D eigenvalue weighted by Gasteiger charge is -2.17. The van der Waals surface area contributed by atoms with E-state index in [1.807, 2.05) is 30.3 Å². The number of pyridine rings is 1. The molecule has 1 atom stereocenters. The second-order valence-corrected chi connectivity index (χ2v) is 7.27. The molecule has 0 bridgehead atoms. The molecule has 0 saturated carbocycles. The lowest BCUT2D eigenvalue weighted by molar-refractivity contribution is 0.0319. The van der Waals surface area contributed by atoms with Gasteiger partial charge in [0.25, 0.3) is 0 Å². The Hall–Kier alpha value is -3.01. The largest absolute Gasteiger partial charge is 0.451 e. The standard InChI is InChI=1S/C24H23NO3/c1-16(23(26)17-10-4-2-5-11-17)28-24(27)22-18-12-6-3-7-14-20(18)25-21-15-9-8-13-19(21)22/h2,4-5,8-11,13,15-16H,3,6-7,12,14H2,1H3. The summed E-state index contributed by atoms with van der Waals surface area (Å²) in [6.45, 7) is 1.63. The molecule has 28 heavy (non-hydrogen) atoms. The quantitative estimate of drug-likeness (QED) is 0.370. The van der Waals surface area contributed by atoms with E-state index in [1.54, 1.807) is 31.2 Å². The van der Waals surface area contributed by atoms with Crippen LogP contribution in [0, 0.1) is 0 Å². The number of ketones is 1. The zero-order chi connectivity index (χ0) is 19.5. The molecule has 0 amide bonds. The highest BCUT2D eigenvalue weighted by Crippen LogP contribution is 2.29. The molecule has 0 fully saturated rings. The molecule has 4 rings (SSSR count). The molecule has 4 nitrogen and oxygen atoms in total. The summed E-state index contributed by atoms with van der Waals surface area (Å²) >= 11 is 0. The van der Waals surface area contributed by atoms with Crippen LogP contribution >= 0.6 is 0 Å². The molecule has 0 N–H and O–H groups in total. The van der Waals surface area contributed by atoms with Crippen LogP contribution in [0.3, 0.4) is 0 Å². The van der Waals surface area contributed by atoms with Gasteiger partial charge in [-0.05, 0) is 44.2 Å². The van der Waals surface area contributed by atoms with E-state index in [1.165, 1.54) is 0 Å². The maximum absolute atomic E-state index is 13.2. The lowest BCUT2D eigenvalue weighted by Crippen LogP contribution is -2.25. The first kappa shape index (κ1) is 18.4. The highest BCUT2D eigenvalue weighted by atomic mass is 16.5. The first-order valence-electron chi connectivity index (χ1n) is 9.86. The molecule has 0 radical (unpaired) electrons. The van der Waals surface area contributed by atoms with Gasteiger partial charge >= 0.3 is 5.97 Å². The van der Waals surface area contributed by atoms with Crippen LogP contribution in [0.5, 0.6) is 0 Å². The summed E-state index contributed by atoms with van der Waals surface area (Å²) in [6.07, 6.45) is 4.09. The van der Waals surface area contributed by atoms with Gasteiger partial charge in [-0.15, -0.1) is 0 Å². The number of aromatic nitrogens is 1. The molecule has 1 aromatic heterocycles. The smallest absolute Gasteiger partial charge is 0.339 e. The second kappa shape index (κ2) is 7.93. The molecule has 1 unspecified atom stereocenters. The Morgan fingerprint density at radius 1 is 0.929 bits per heavy atom. The average Bonchev–Trinajstić information content (AvgIpc) is 2.97. The fourth-order valence-corrected chi connectivity index (χ4v) is 3.89. The fraction of sp³-hybridized carbons (Fsp3) is 0.292. The van der Waals surface area contributed by atoms with Gasteiger partial charge in [0.05, 0.1) is 11.1 Å². The van der Waals surface area contributed by atoms with Crippen LogP contribution in [0.1, 0.15) is 58.2 Å². The summed E-state index contributed by atoms with van der Waals surface area (Å²) in [4.78, 5) is 30.6. The summed E-state index contributed by atoms with van der Waals surface area (Å²) < 4.78 is 5.65. The molecule has 1 aliphatic rings. The number of carbonyl (C=O) groups excluding carboxylic acids is 2. The van der Waals surface area contributed by atoms with Gasteiger partial charge in [-0.1, -0.05) is 55.0 Å². The number of para-hydroxylation sites is 1. The number of hydrogen-bond donors (Lipinski definition) is 0. The molecule has 142 valence electrons. The van der Waals surface area contributed by atoms with Crippen molar-refractivity contribution in [2.75, 3.05) is 0 Å². The molecule has 0 spiro atoms. The van der Waals surface area contributed by atoms with Crippen LogP contribution in [0.4, 0.5) is 0 Å². The van der Waals surface area contributed by atoms with Gasteiger partial charge in [-0.25, -0.2) is 4.79 Å². The van der Waals surface area contributed by atoms with Crippen molar-refractivity contribution in [1.82, 2.24) is 4.98 Å². The third kappa shape index (κ3) is 3.55. The van der Waals surface area contributed by atoms with E-state index in [0.29, 0.717) is 11.1 Å². The summed E-state index contributed by atoms with van der Waals surface area (Å²) in [7, 11) is 0. The molecule has 2 aromatic carbocycles. The van der Waals surface area contributed by atoms with E-state index < -0.39 is 12.1 Å². The van der Waals surface area contributed by atoms with Crippen LogP contribution in [0.2, 0.25) is 0 Å². The summed E-state index contributed by atoms with van der Waals surface area (Å²) in [5, 5.41) is 0.799. The van der Waals surface area contributed by atoms with E-state index in [4.69, 9.17) is 9.72 Å². The zero-order valence-electron chi connectivity index (χ0n) is 16.0. The summed E-state index contributed by atoms with van der Waals surface area (Å²) in [5.74, 6) is -0.632. The number of ether oxygens (including phenoxy) is 1. The molecule has 1 aliphatic carbocycles. The van der Waals surface area contributed by atoms with Gasteiger partial charge in [0.2, 0.25) is 5.78 Å². The minimum atomic E-state index is -0.844. The van der Waals surface area contributed by atoms with E-state index in [0.717, 1.165) is 54.3 Å². The summed E-state index contributed by atoms with van der Waals surface area (Å²) in [5.41, 5.74) is 3.90. The Kier molecular flexibility index (Phi) is 5.20. The first-order chi connectivity index (χ1) is 13.6. The number of rotatable bonds is 4. The number of carbonyl (C=O) groups is 2. The second-order valence-electron chi connectivity index (χ2n) is 7.27. The van der Waals surface area contributed by atoms with Crippen LogP contribution in [0.25, 0.3) is 10.9 Å². The van der Waals surface area contributed by atoms with Crippen molar-refractivity contribution < 1.29 is 14.3 Å². The van der Waals surface area contributed by atoms with Gasteiger partial charge < -0.3 is 4.74 Å². The molecular weight excluding hydrogens is 350 g/mol. The van der Waals surface area contributed by atoms with Crippen molar-refractivity contribution in [3.8, 4) is 0 Å². The number of esters is 1. The maximum atomic E-state index is 13.2. The molecule has 0 saturated heterocycles. The molecule has 0 aliphatic heterocycles. The van der Waals surface area contributed by atoms with Gasteiger partial charge in [0.15, 0.2) is 6.10 Å². The normalized spacial score (nSPS) is 14.8. The van der Waals surface area contributed by atoms with E-state index in [9.17, 15) is 9.59 Å². The van der Waals surface area contributed by atoms with Crippen molar-refractivity contribution in [1.29, 1.82) is 0 Å². The minimum absolute atomic E-state index is 0.196. The number of Topliss-reactive ketones (excluding diaryl/α,β-unsaturated/α-hetero) is 1. The highest BCUT2D eigenvalue weighted by Gasteiger charge is 2.26. The monoisotopic (exact) mass is 373 g/mol. The first-order valence-corrected chi connectivity index (χ1v) is 9.86. The van der Waals surface area contributed by atoms with Crippen molar-refractivity contribution >= 4 is 22.7 Å². The van der Waals surface area contributed by atoms with Crippen LogP contribution in [-0.4, -0.2) is 22.8 Å². The van der Waals surface area contributed by atoms with Crippen LogP contribution in [0.15, 0.2) is 54.6 Å². The van der Waals surface area contributed by atoms with Crippen molar-refractivity contribution in [3.05, 3.63) is 77.0 Å². The molecule has 1 heterocycles. The Morgan fingerprint density at radius 3 is 2.46 bits per heavy atom. The molecule has 4 heteroatoms. The topological polar surface area (TPSA) is 56.3 Å². The number of aryl methyl sites for hydroxylation is 1. The zero-order valence-corrected chi connectivity index (χ0v) is 16.0. The number of fused-ring (bicyclic) bond motifs is 2. The van der Waals surface area contributed by atoms with E-state index in [2.05, 4.69) is 0 Å². The number of benzene rings is 2. The Balaban J connectivity index is 1.70. The van der Waals surface area contributed by atoms with Crippen LogP contribution < -0.4 is 0 Å². The minimum Gasteiger partial charge on any atom is -0.451 e. The van der Waals surface area contributed by atoms with E-state index >= 15 is 0 Å². The van der Waals surface area contributed by atoms with Crippen molar-refractivity contribution in [2.24, 2.45) is 0 Å². The van der Waals surface area contributed by atoms with Gasteiger partial charge in [-0.2, -0.15) is 0 Å². The van der Waals surface area contributed by atoms with Crippen molar-refractivity contribution in [2.45, 2.75) is 45.1 Å². The maximum Gasteiger partial charge on any atom is 0.339 e. The summed E-state index contributed by atoms with van der Waals surface area (Å²) in [6, 6.07) is 16.6. The van der Waals surface area contributed by atoms with E-state index in [-0.39, 0.29) is 5.78 Å². The SMILES string of the molecule is CC(OC(=O)c1c2c(nc3ccccc13)CCCCC2)C(=O)c1ccccc1. The highest BCUT2D eigenvalue weighted by molar-refractivity contribution is 6.07. The average molecular weight is 373 g/mol. The third-order valence-electron chi connectivity index (χ3n) is 5.33. The Labute approximate surface area is 164 Å².